The summed E-state index contributed by atoms with van der Waals surface area (Å²) in [5, 5.41) is 5.28. The number of methoxy groups -OCH3 is 1. The van der Waals surface area contributed by atoms with E-state index >= 15 is 0 Å². The molecule has 0 aliphatic carbocycles. The molecular formula is C18H23ClN4O2. The molecular weight excluding hydrogens is 340 g/mol. The number of carbonyl (C=O) groups excluding carboxylic acids is 1. The number of benzene rings is 1. The molecule has 6 nitrogen and oxygen atoms in total. The lowest BCUT2D eigenvalue weighted by Crippen LogP contribution is -2.26. The van der Waals surface area contributed by atoms with Gasteiger partial charge in [-0.25, -0.2) is 9.67 Å². The fraction of sp³-hybridized carbons (Fsp3) is 0.500. The van der Waals surface area contributed by atoms with Crippen LogP contribution in [0.2, 0.25) is 5.02 Å². The highest BCUT2D eigenvalue weighted by Crippen LogP contribution is 2.23. The molecule has 25 heavy (non-hydrogen) atoms. The van der Waals surface area contributed by atoms with Gasteiger partial charge in [-0.2, -0.15) is 0 Å². The molecule has 1 aliphatic heterocycles. The maximum atomic E-state index is 11.7. The molecule has 2 heterocycles. The molecule has 0 bridgehead atoms. The predicted molar refractivity (Wildman–Crippen MR) is 96.0 cm³/mol. The van der Waals surface area contributed by atoms with Gasteiger partial charge in [0.1, 0.15) is 12.4 Å². The average Bonchev–Trinajstić information content (AvgIpc) is 3.17. The summed E-state index contributed by atoms with van der Waals surface area (Å²) in [5.41, 5.74) is 1.89. The van der Waals surface area contributed by atoms with Crippen LogP contribution in [0.3, 0.4) is 0 Å². The minimum absolute atomic E-state index is 0.257. The molecule has 134 valence electrons. The molecule has 1 aromatic heterocycles. The fourth-order valence-corrected chi connectivity index (χ4v) is 3.30. The average molecular weight is 363 g/mol. The number of ether oxygens (including phenoxy) is 1. The number of aryl methyl sites for hydroxylation is 1. The van der Waals surface area contributed by atoms with E-state index in [9.17, 15) is 4.79 Å². The Morgan fingerprint density at radius 1 is 1.36 bits per heavy atom. The van der Waals surface area contributed by atoms with Crippen LogP contribution in [-0.2, 0) is 22.6 Å². The van der Waals surface area contributed by atoms with E-state index in [1.165, 1.54) is 0 Å². The zero-order valence-corrected chi connectivity index (χ0v) is 15.4. The van der Waals surface area contributed by atoms with Crippen molar-refractivity contribution in [2.45, 2.75) is 39.2 Å². The summed E-state index contributed by atoms with van der Waals surface area (Å²) in [5.74, 6) is 1.77. The summed E-state index contributed by atoms with van der Waals surface area (Å²) in [4.78, 5) is 18.3. The Balaban J connectivity index is 1.79. The zero-order valence-electron chi connectivity index (χ0n) is 14.7. The third kappa shape index (κ3) is 4.02. The number of rotatable bonds is 7. The van der Waals surface area contributed by atoms with Crippen molar-refractivity contribution in [3.8, 4) is 5.69 Å². The number of carbonyl (C=O) groups is 1. The molecule has 2 aromatic rings. The first-order chi connectivity index (χ1) is 12.1. The lowest BCUT2D eigenvalue weighted by molar-refractivity contribution is -0.127. The van der Waals surface area contributed by atoms with Gasteiger partial charge in [-0.15, -0.1) is 5.10 Å². The van der Waals surface area contributed by atoms with Crippen molar-refractivity contribution in [2.75, 3.05) is 20.2 Å². The van der Waals surface area contributed by atoms with Gasteiger partial charge in [-0.3, -0.25) is 4.79 Å². The van der Waals surface area contributed by atoms with Crippen LogP contribution in [0, 0.1) is 6.92 Å². The maximum absolute atomic E-state index is 11.7. The van der Waals surface area contributed by atoms with Gasteiger partial charge in [0.25, 0.3) is 0 Å². The standard InChI is InChI=1S/C18H23ClN4O2/c1-13-14(19)6-3-7-15(13)23-17(20-16(21-23)12-25-2)8-4-10-22-11-5-9-18(22)24/h3,6-7H,4-5,8-12H2,1-2H3. The van der Waals surface area contributed by atoms with Gasteiger partial charge in [-0.1, -0.05) is 17.7 Å². The molecule has 0 unspecified atom stereocenters. The van der Waals surface area contributed by atoms with Gasteiger partial charge in [0.15, 0.2) is 5.82 Å². The van der Waals surface area contributed by atoms with E-state index in [1.54, 1.807) is 7.11 Å². The smallest absolute Gasteiger partial charge is 0.222 e. The van der Waals surface area contributed by atoms with Crippen LogP contribution in [-0.4, -0.2) is 45.8 Å². The summed E-state index contributed by atoms with van der Waals surface area (Å²) in [6.07, 6.45) is 3.24. The zero-order chi connectivity index (χ0) is 17.8. The van der Waals surface area contributed by atoms with E-state index < -0.39 is 0 Å². The molecule has 1 amide bonds. The summed E-state index contributed by atoms with van der Waals surface area (Å²) < 4.78 is 7.02. The summed E-state index contributed by atoms with van der Waals surface area (Å²) in [6.45, 7) is 3.97. The van der Waals surface area contributed by atoms with E-state index in [-0.39, 0.29) is 5.91 Å². The van der Waals surface area contributed by atoms with Crippen LogP contribution in [0.4, 0.5) is 0 Å². The molecule has 1 saturated heterocycles. The van der Waals surface area contributed by atoms with E-state index in [0.717, 1.165) is 49.4 Å². The van der Waals surface area contributed by atoms with Crippen molar-refractivity contribution in [1.29, 1.82) is 0 Å². The molecule has 0 radical (unpaired) electrons. The van der Waals surface area contributed by atoms with E-state index in [2.05, 4.69) is 10.1 Å². The van der Waals surface area contributed by atoms with Crippen LogP contribution in [0.15, 0.2) is 18.2 Å². The molecule has 7 heteroatoms. The van der Waals surface area contributed by atoms with Crippen LogP contribution >= 0.6 is 11.6 Å². The molecule has 0 spiro atoms. The van der Waals surface area contributed by atoms with Crippen LogP contribution in [0.5, 0.6) is 0 Å². The molecule has 1 aliphatic rings. The Morgan fingerprint density at radius 3 is 2.92 bits per heavy atom. The van der Waals surface area contributed by atoms with Crippen molar-refractivity contribution < 1.29 is 9.53 Å². The quantitative estimate of drug-likeness (QED) is 0.759. The Hall–Kier alpha value is -1.92. The third-order valence-electron chi connectivity index (χ3n) is 4.46. The molecule has 3 rings (SSSR count). The molecule has 0 N–H and O–H groups in total. The normalized spacial score (nSPS) is 14.5. The Bertz CT molecular complexity index is 760. The second kappa shape index (κ2) is 7.97. The monoisotopic (exact) mass is 362 g/mol. The number of halogens is 1. The molecule has 1 fully saturated rings. The number of amides is 1. The molecule has 0 atom stereocenters. The van der Waals surface area contributed by atoms with E-state index in [4.69, 9.17) is 16.3 Å². The minimum Gasteiger partial charge on any atom is -0.377 e. The fourth-order valence-electron chi connectivity index (χ4n) is 3.13. The van der Waals surface area contributed by atoms with Crippen molar-refractivity contribution >= 4 is 17.5 Å². The highest BCUT2D eigenvalue weighted by atomic mass is 35.5. The number of aromatic nitrogens is 3. The summed E-state index contributed by atoms with van der Waals surface area (Å²) >= 11 is 6.26. The number of nitrogens with zero attached hydrogens (tertiary/aromatic N) is 4. The molecule has 0 saturated carbocycles. The highest BCUT2D eigenvalue weighted by molar-refractivity contribution is 6.31. The largest absolute Gasteiger partial charge is 0.377 e. The summed E-state index contributed by atoms with van der Waals surface area (Å²) in [6, 6.07) is 5.76. The predicted octanol–water partition coefficient (Wildman–Crippen LogP) is 2.93. The highest BCUT2D eigenvalue weighted by Gasteiger charge is 2.20. The van der Waals surface area contributed by atoms with Gasteiger partial charge >= 0.3 is 0 Å². The second-order valence-corrected chi connectivity index (χ2v) is 6.67. The minimum atomic E-state index is 0.257. The summed E-state index contributed by atoms with van der Waals surface area (Å²) in [7, 11) is 1.63. The van der Waals surface area contributed by atoms with Crippen LogP contribution < -0.4 is 0 Å². The number of likely N-dealkylation sites (tertiary alicyclic amines) is 1. The van der Waals surface area contributed by atoms with Gasteiger partial charge in [0.2, 0.25) is 5.91 Å². The van der Waals surface area contributed by atoms with E-state index in [0.29, 0.717) is 23.9 Å². The molecule has 1 aromatic carbocycles. The van der Waals surface area contributed by atoms with Gasteiger partial charge in [0.05, 0.1) is 5.69 Å². The van der Waals surface area contributed by atoms with Crippen molar-refractivity contribution in [3.05, 3.63) is 40.4 Å². The van der Waals surface area contributed by atoms with E-state index in [1.807, 2.05) is 34.7 Å². The first-order valence-electron chi connectivity index (χ1n) is 8.57. The second-order valence-electron chi connectivity index (χ2n) is 6.26. The van der Waals surface area contributed by atoms with Crippen molar-refractivity contribution in [1.82, 2.24) is 19.7 Å². The lowest BCUT2D eigenvalue weighted by Gasteiger charge is -2.15. The topological polar surface area (TPSA) is 60.2 Å². The number of hydrogen-bond donors (Lipinski definition) is 0. The lowest BCUT2D eigenvalue weighted by atomic mass is 10.2. The van der Waals surface area contributed by atoms with Crippen LogP contribution in [0.25, 0.3) is 5.69 Å². The Morgan fingerprint density at radius 2 is 2.20 bits per heavy atom. The first-order valence-corrected chi connectivity index (χ1v) is 8.95. The maximum Gasteiger partial charge on any atom is 0.222 e. The Labute approximate surface area is 152 Å². The van der Waals surface area contributed by atoms with Crippen molar-refractivity contribution in [2.24, 2.45) is 0 Å². The first kappa shape index (κ1) is 17.9. The number of hydrogen-bond acceptors (Lipinski definition) is 4. The SMILES string of the molecule is COCc1nc(CCCN2CCCC2=O)n(-c2cccc(Cl)c2C)n1. The van der Waals surface area contributed by atoms with Gasteiger partial charge < -0.3 is 9.64 Å². The van der Waals surface area contributed by atoms with Crippen LogP contribution in [0.1, 0.15) is 36.5 Å². The van der Waals surface area contributed by atoms with Gasteiger partial charge in [0, 0.05) is 38.1 Å². The van der Waals surface area contributed by atoms with Crippen molar-refractivity contribution in [3.63, 3.8) is 0 Å². The third-order valence-corrected chi connectivity index (χ3v) is 4.87. The Kier molecular flexibility index (Phi) is 5.71. The van der Waals surface area contributed by atoms with Gasteiger partial charge in [-0.05, 0) is 37.5 Å².